The number of hydrogen-bond donors (Lipinski definition) is 2. The van der Waals surface area contributed by atoms with Gasteiger partial charge in [-0.2, -0.15) is 0 Å². The maximum atomic E-state index is 5.74. The van der Waals surface area contributed by atoms with E-state index in [-0.39, 0.29) is 12.1 Å². The molecule has 1 aliphatic rings. The number of guanidine groups is 1. The summed E-state index contributed by atoms with van der Waals surface area (Å²) in [6.45, 7) is 9.42. The fraction of sp³-hybridized carbons (Fsp3) is 0.571. The minimum Gasteiger partial charge on any atom is -0.469 e. The van der Waals surface area contributed by atoms with Crippen molar-refractivity contribution in [3.8, 4) is 0 Å². The van der Waals surface area contributed by atoms with Crippen molar-refractivity contribution in [3.63, 3.8) is 0 Å². The Hall–Kier alpha value is -1.83. The van der Waals surface area contributed by atoms with Crippen molar-refractivity contribution in [3.05, 3.63) is 46.5 Å². The number of rotatable bonds is 9. The molecule has 2 aromatic rings. The summed E-state index contributed by atoms with van der Waals surface area (Å²) in [4.78, 5) is 8.79. The highest BCUT2D eigenvalue weighted by Crippen LogP contribution is 2.27. The fourth-order valence-corrected chi connectivity index (χ4v) is 4.20. The molecule has 7 heteroatoms. The average molecular weight is 405 g/mol. The van der Waals surface area contributed by atoms with Crippen LogP contribution in [0.4, 0.5) is 0 Å². The lowest BCUT2D eigenvalue weighted by Gasteiger charge is -2.36. The summed E-state index contributed by atoms with van der Waals surface area (Å²) in [6.07, 6.45) is 3.89. The summed E-state index contributed by atoms with van der Waals surface area (Å²) in [7, 11) is 0. The molecule has 154 valence electrons. The molecule has 0 radical (unpaired) electrons. The molecule has 0 aromatic carbocycles. The molecule has 28 heavy (non-hydrogen) atoms. The molecule has 2 N–H and O–H groups in total. The van der Waals surface area contributed by atoms with Gasteiger partial charge in [0.1, 0.15) is 5.76 Å². The van der Waals surface area contributed by atoms with Crippen LogP contribution in [0.2, 0.25) is 0 Å². The van der Waals surface area contributed by atoms with E-state index in [1.165, 1.54) is 4.88 Å². The van der Waals surface area contributed by atoms with Gasteiger partial charge in [0.15, 0.2) is 5.96 Å². The minimum atomic E-state index is 0.268. The van der Waals surface area contributed by atoms with E-state index in [1.54, 1.807) is 17.6 Å². The van der Waals surface area contributed by atoms with Gasteiger partial charge in [0, 0.05) is 37.5 Å². The van der Waals surface area contributed by atoms with E-state index in [9.17, 15) is 0 Å². The monoisotopic (exact) mass is 404 g/mol. The van der Waals surface area contributed by atoms with Gasteiger partial charge in [0.25, 0.3) is 0 Å². The Balaban J connectivity index is 1.63. The van der Waals surface area contributed by atoms with Crippen LogP contribution in [0.15, 0.2) is 45.3 Å². The van der Waals surface area contributed by atoms with Crippen molar-refractivity contribution in [1.29, 1.82) is 0 Å². The summed E-state index contributed by atoms with van der Waals surface area (Å²) < 4.78 is 11.2. The highest BCUT2D eigenvalue weighted by molar-refractivity contribution is 7.10. The number of hydrogen-bond acceptors (Lipinski definition) is 5. The molecule has 0 saturated carbocycles. The lowest BCUT2D eigenvalue weighted by Crippen LogP contribution is -2.44. The van der Waals surface area contributed by atoms with E-state index < -0.39 is 0 Å². The van der Waals surface area contributed by atoms with Crippen molar-refractivity contribution in [2.45, 2.75) is 38.8 Å². The van der Waals surface area contributed by atoms with Crippen molar-refractivity contribution in [2.75, 3.05) is 39.3 Å². The maximum Gasteiger partial charge on any atom is 0.191 e. The van der Waals surface area contributed by atoms with Crippen molar-refractivity contribution >= 4 is 17.3 Å². The fourth-order valence-electron chi connectivity index (χ4n) is 3.35. The molecule has 3 rings (SSSR count). The Morgan fingerprint density at radius 1 is 1.32 bits per heavy atom. The highest BCUT2D eigenvalue weighted by Gasteiger charge is 2.26. The first-order valence-electron chi connectivity index (χ1n) is 10.2. The lowest BCUT2D eigenvalue weighted by molar-refractivity contribution is -0.0327. The third-order valence-corrected chi connectivity index (χ3v) is 5.77. The van der Waals surface area contributed by atoms with Crippen LogP contribution < -0.4 is 10.6 Å². The van der Waals surface area contributed by atoms with E-state index in [0.29, 0.717) is 0 Å². The zero-order chi connectivity index (χ0) is 19.6. The Labute approximate surface area is 172 Å². The van der Waals surface area contributed by atoms with Crippen LogP contribution in [0.5, 0.6) is 0 Å². The predicted octanol–water partition coefficient (Wildman–Crippen LogP) is 3.29. The number of nitrogens with one attached hydrogen (secondary N) is 2. The van der Waals surface area contributed by atoms with Gasteiger partial charge >= 0.3 is 0 Å². The Morgan fingerprint density at radius 2 is 2.21 bits per heavy atom. The third kappa shape index (κ3) is 6.36. The van der Waals surface area contributed by atoms with Gasteiger partial charge in [-0.15, -0.1) is 11.3 Å². The molecular formula is C21H32N4O2S. The van der Waals surface area contributed by atoms with Gasteiger partial charge in [-0.05, 0) is 36.9 Å². The summed E-state index contributed by atoms with van der Waals surface area (Å²) in [5.41, 5.74) is 0. The molecule has 1 aliphatic heterocycles. The Kier molecular flexibility index (Phi) is 8.39. The highest BCUT2D eigenvalue weighted by atomic mass is 32.1. The number of morpholine rings is 1. The first-order chi connectivity index (χ1) is 13.8. The molecule has 1 saturated heterocycles. The van der Waals surface area contributed by atoms with Crippen LogP contribution in [-0.4, -0.2) is 56.3 Å². The van der Waals surface area contributed by atoms with Gasteiger partial charge in [0.05, 0.1) is 31.6 Å². The normalized spacial score (nSPS) is 19.5. The van der Waals surface area contributed by atoms with Crippen LogP contribution in [0, 0.1) is 0 Å². The van der Waals surface area contributed by atoms with Crippen LogP contribution in [0.25, 0.3) is 0 Å². The first-order valence-corrected chi connectivity index (χ1v) is 11.1. The summed E-state index contributed by atoms with van der Waals surface area (Å²) in [5.74, 6) is 1.86. The quantitative estimate of drug-likeness (QED) is 0.496. The van der Waals surface area contributed by atoms with Crippen LogP contribution in [0.1, 0.15) is 36.9 Å². The molecule has 0 amide bonds. The molecule has 2 atom stereocenters. The standard InChI is InChI=1S/C21H32N4O2S/c1-3-9-22-21(23-10-8-18-6-4-12-27-18)24-15-19(20-7-5-14-28-20)25-11-13-26-17(2)16-25/h4-7,12,14,17,19H,3,8-11,13,15-16H2,1-2H3,(H2,22,23,24). The SMILES string of the molecule is CCCNC(=NCC(c1cccs1)N1CCOC(C)C1)NCCc1ccco1. The van der Waals surface area contributed by atoms with Crippen molar-refractivity contribution in [2.24, 2.45) is 4.99 Å². The van der Waals surface area contributed by atoms with Crippen LogP contribution >= 0.6 is 11.3 Å². The number of nitrogens with zero attached hydrogens (tertiary/aromatic N) is 2. The molecule has 0 spiro atoms. The lowest BCUT2D eigenvalue weighted by atomic mass is 10.1. The zero-order valence-electron chi connectivity index (χ0n) is 16.9. The van der Waals surface area contributed by atoms with Gasteiger partial charge in [-0.25, -0.2) is 0 Å². The number of furan rings is 1. The number of ether oxygens (including phenoxy) is 1. The van der Waals surface area contributed by atoms with E-state index in [4.69, 9.17) is 14.1 Å². The van der Waals surface area contributed by atoms with Crippen LogP contribution in [-0.2, 0) is 11.2 Å². The average Bonchev–Trinajstić information content (AvgIpc) is 3.40. The second kappa shape index (κ2) is 11.2. The summed E-state index contributed by atoms with van der Waals surface area (Å²) in [5, 5.41) is 9.02. The Morgan fingerprint density at radius 3 is 2.93 bits per heavy atom. The van der Waals surface area contributed by atoms with Crippen molar-refractivity contribution in [1.82, 2.24) is 15.5 Å². The minimum absolute atomic E-state index is 0.268. The maximum absolute atomic E-state index is 5.74. The van der Waals surface area contributed by atoms with E-state index in [0.717, 1.165) is 63.9 Å². The Bertz CT molecular complexity index is 687. The smallest absolute Gasteiger partial charge is 0.191 e. The van der Waals surface area contributed by atoms with Gasteiger partial charge < -0.3 is 19.8 Å². The third-order valence-electron chi connectivity index (χ3n) is 4.79. The topological polar surface area (TPSA) is 62.0 Å². The van der Waals surface area contributed by atoms with Gasteiger partial charge in [-0.1, -0.05) is 13.0 Å². The molecule has 2 unspecified atom stereocenters. The summed E-state index contributed by atoms with van der Waals surface area (Å²) >= 11 is 1.81. The second-order valence-electron chi connectivity index (χ2n) is 7.08. The molecule has 6 nitrogen and oxygen atoms in total. The second-order valence-corrected chi connectivity index (χ2v) is 8.06. The first kappa shape index (κ1) is 20.9. The van der Waals surface area contributed by atoms with Crippen molar-refractivity contribution < 1.29 is 9.15 Å². The molecule has 2 aromatic heterocycles. The molecule has 0 bridgehead atoms. The van der Waals surface area contributed by atoms with Gasteiger partial charge in [-0.3, -0.25) is 9.89 Å². The van der Waals surface area contributed by atoms with E-state index in [1.807, 2.05) is 12.1 Å². The summed E-state index contributed by atoms with van der Waals surface area (Å²) in [6, 6.07) is 8.56. The zero-order valence-corrected chi connectivity index (χ0v) is 17.7. The molecule has 3 heterocycles. The van der Waals surface area contributed by atoms with E-state index >= 15 is 0 Å². The van der Waals surface area contributed by atoms with Crippen LogP contribution in [0.3, 0.4) is 0 Å². The number of aliphatic imine (C=N–C) groups is 1. The van der Waals surface area contributed by atoms with Gasteiger partial charge in [0.2, 0.25) is 0 Å². The molecule has 1 fully saturated rings. The van der Waals surface area contributed by atoms with E-state index in [2.05, 4.69) is 46.9 Å². The molecule has 0 aliphatic carbocycles. The largest absolute Gasteiger partial charge is 0.469 e. The number of thiophene rings is 1. The predicted molar refractivity (Wildman–Crippen MR) is 115 cm³/mol. The molecular weight excluding hydrogens is 372 g/mol.